The van der Waals surface area contributed by atoms with Crippen molar-refractivity contribution in [2.45, 2.75) is 26.3 Å². The van der Waals surface area contributed by atoms with Gasteiger partial charge in [0.1, 0.15) is 17.3 Å². The van der Waals surface area contributed by atoms with Crippen LogP contribution in [-0.4, -0.2) is 58.7 Å². The molecule has 1 fully saturated rings. The first-order valence-electron chi connectivity index (χ1n) is 14.7. The number of ether oxygens (including phenoxy) is 5. The van der Waals surface area contributed by atoms with E-state index in [1.54, 1.807) is 14.2 Å². The van der Waals surface area contributed by atoms with E-state index in [9.17, 15) is 0 Å². The predicted molar refractivity (Wildman–Crippen MR) is 169 cm³/mol. The molecule has 2 heterocycles. The third-order valence-corrected chi connectivity index (χ3v) is 7.37. The van der Waals surface area contributed by atoms with Gasteiger partial charge in [-0.2, -0.15) is 0 Å². The molecule has 1 aliphatic heterocycles. The van der Waals surface area contributed by atoms with Crippen molar-refractivity contribution in [1.29, 1.82) is 0 Å². The first kappa shape index (κ1) is 30.4. The normalized spacial score (nSPS) is 13.1. The number of morpholine rings is 1. The van der Waals surface area contributed by atoms with Gasteiger partial charge >= 0.3 is 0 Å². The third-order valence-electron chi connectivity index (χ3n) is 7.37. The number of pyridine rings is 1. The lowest BCUT2D eigenvalue weighted by atomic mass is 10.1. The average Bonchev–Trinajstić information content (AvgIpc) is 3.07. The Morgan fingerprint density at radius 1 is 0.698 bits per heavy atom. The Morgan fingerprint density at radius 2 is 1.30 bits per heavy atom. The van der Waals surface area contributed by atoms with E-state index in [0.717, 1.165) is 66.9 Å². The van der Waals surface area contributed by atoms with Crippen LogP contribution in [0.25, 0.3) is 0 Å². The molecule has 0 aliphatic carbocycles. The summed E-state index contributed by atoms with van der Waals surface area (Å²) in [5, 5.41) is 0. The molecule has 8 heteroatoms. The lowest BCUT2D eigenvalue weighted by Gasteiger charge is -2.29. The summed E-state index contributed by atoms with van der Waals surface area (Å²) in [5.41, 5.74) is 5.72. The highest BCUT2D eigenvalue weighted by Gasteiger charge is 2.14. The summed E-state index contributed by atoms with van der Waals surface area (Å²) in [4.78, 5) is 9.48. The Labute approximate surface area is 254 Å². The number of nitrogens with zero attached hydrogens (tertiary/aromatic N) is 3. The van der Waals surface area contributed by atoms with E-state index in [1.165, 1.54) is 11.3 Å². The van der Waals surface area contributed by atoms with Gasteiger partial charge in [0.2, 0.25) is 0 Å². The van der Waals surface area contributed by atoms with Crippen LogP contribution in [0.15, 0.2) is 91.1 Å². The minimum Gasteiger partial charge on any atom is -0.497 e. The molecule has 1 aromatic heterocycles. The van der Waals surface area contributed by atoms with Crippen molar-refractivity contribution in [2.75, 3.05) is 63.5 Å². The Morgan fingerprint density at radius 3 is 1.95 bits per heavy atom. The van der Waals surface area contributed by atoms with Crippen LogP contribution in [0.2, 0.25) is 0 Å². The van der Waals surface area contributed by atoms with Crippen molar-refractivity contribution in [3.05, 3.63) is 113 Å². The molecule has 0 unspecified atom stereocenters. The van der Waals surface area contributed by atoms with Crippen LogP contribution >= 0.6 is 0 Å². The molecule has 1 saturated heterocycles. The SMILES string of the molecule is COc1cccc(COCCOCc2ccc(N(Cc3ccc(N4CCOCC4)cc3)Cc3cccc(OC)c3)nc2)c1. The van der Waals surface area contributed by atoms with Crippen LogP contribution in [0.4, 0.5) is 11.5 Å². The Hall–Kier alpha value is -4.11. The van der Waals surface area contributed by atoms with E-state index in [1.807, 2.05) is 42.6 Å². The maximum atomic E-state index is 5.85. The van der Waals surface area contributed by atoms with E-state index in [4.69, 9.17) is 28.7 Å². The fourth-order valence-corrected chi connectivity index (χ4v) is 5.01. The minimum atomic E-state index is 0.481. The molecule has 226 valence electrons. The number of aromatic nitrogens is 1. The van der Waals surface area contributed by atoms with Crippen molar-refractivity contribution >= 4 is 11.5 Å². The number of anilines is 2. The quantitative estimate of drug-likeness (QED) is 0.161. The fraction of sp³-hybridized carbons (Fsp3) is 0.343. The molecular weight excluding hydrogens is 542 g/mol. The largest absolute Gasteiger partial charge is 0.497 e. The van der Waals surface area contributed by atoms with E-state index < -0.39 is 0 Å². The maximum Gasteiger partial charge on any atom is 0.129 e. The van der Waals surface area contributed by atoms with Crippen molar-refractivity contribution in [2.24, 2.45) is 0 Å². The molecule has 4 aromatic rings. The van der Waals surface area contributed by atoms with Crippen LogP contribution in [0.3, 0.4) is 0 Å². The number of rotatable bonds is 15. The molecule has 0 amide bonds. The summed E-state index contributed by atoms with van der Waals surface area (Å²) in [6.45, 7) is 6.88. The number of hydrogen-bond acceptors (Lipinski definition) is 8. The zero-order valence-electron chi connectivity index (χ0n) is 25.1. The fourth-order valence-electron chi connectivity index (χ4n) is 5.01. The lowest BCUT2D eigenvalue weighted by molar-refractivity contribution is 0.0337. The minimum absolute atomic E-state index is 0.481. The number of hydrogen-bond donors (Lipinski definition) is 0. The summed E-state index contributed by atoms with van der Waals surface area (Å²) in [6.07, 6.45) is 1.90. The Balaban J connectivity index is 1.17. The van der Waals surface area contributed by atoms with Crippen LogP contribution in [0.1, 0.15) is 22.3 Å². The van der Waals surface area contributed by atoms with Gasteiger partial charge in [0.05, 0.1) is 53.9 Å². The second-order valence-corrected chi connectivity index (χ2v) is 10.5. The average molecular weight is 584 g/mol. The van der Waals surface area contributed by atoms with Gasteiger partial charge in [0.15, 0.2) is 0 Å². The van der Waals surface area contributed by atoms with Gasteiger partial charge in [-0.3, -0.25) is 0 Å². The van der Waals surface area contributed by atoms with Crippen molar-refractivity contribution in [1.82, 2.24) is 4.98 Å². The van der Waals surface area contributed by atoms with Gasteiger partial charge in [0, 0.05) is 38.1 Å². The van der Waals surface area contributed by atoms with Crippen molar-refractivity contribution in [3.8, 4) is 11.5 Å². The molecule has 1 aliphatic rings. The van der Waals surface area contributed by atoms with Gasteiger partial charge in [-0.15, -0.1) is 0 Å². The van der Waals surface area contributed by atoms with Crippen LogP contribution in [-0.2, 0) is 40.5 Å². The van der Waals surface area contributed by atoms with E-state index >= 15 is 0 Å². The molecule has 8 nitrogen and oxygen atoms in total. The van der Waals surface area contributed by atoms with E-state index in [2.05, 4.69) is 58.3 Å². The molecule has 0 N–H and O–H groups in total. The maximum absolute atomic E-state index is 5.85. The van der Waals surface area contributed by atoms with Crippen LogP contribution < -0.4 is 19.3 Å². The zero-order valence-corrected chi connectivity index (χ0v) is 25.1. The van der Waals surface area contributed by atoms with Crippen molar-refractivity contribution < 1.29 is 23.7 Å². The second-order valence-electron chi connectivity index (χ2n) is 10.5. The van der Waals surface area contributed by atoms with Gasteiger partial charge in [0.25, 0.3) is 0 Å². The van der Waals surface area contributed by atoms with Gasteiger partial charge in [-0.1, -0.05) is 42.5 Å². The number of benzene rings is 3. The van der Waals surface area contributed by atoms with E-state index in [-0.39, 0.29) is 0 Å². The lowest BCUT2D eigenvalue weighted by Crippen LogP contribution is -2.36. The highest BCUT2D eigenvalue weighted by molar-refractivity contribution is 5.49. The highest BCUT2D eigenvalue weighted by Crippen LogP contribution is 2.23. The molecule has 0 saturated carbocycles. The molecule has 0 bridgehead atoms. The molecule has 0 atom stereocenters. The summed E-state index contributed by atoms with van der Waals surface area (Å²) in [7, 11) is 3.36. The third kappa shape index (κ3) is 9.19. The van der Waals surface area contributed by atoms with Gasteiger partial charge in [-0.05, 0) is 64.7 Å². The summed E-state index contributed by atoms with van der Waals surface area (Å²) >= 11 is 0. The standard InChI is InChI=1S/C35H41N3O5/c1-39-33-7-3-5-29(21-33)25-38(24-28-9-12-32(13-10-28)37-15-17-41-18-16-37)35-14-11-31(23-36-35)27-43-20-19-42-26-30-6-4-8-34(22-30)40-2/h3-14,21-23H,15-20,24-27H2,1-2H3. The monoisotopic (exact) mass is 583 g/mol. The predicted octanol–water partition coefficient (Wildman–Crippen LogP) is 5.88. The highest BCUT2D eigenvalue weighted by atomic mass is 16.5. The second kappa shape index (κ2) is 15.9. The van der Waals surface area contributed by atoms with Crippen LogP contribution in [0, 0.1) is 0 Å². The Kier molecular flexibility index (Phi) is 11.2. The topological polar surface area (TPSA) is 65.5 Å². The molecule has 5 rings (SSSR count). The van der Waals surface area contributed by atoms with Gasteiger partial charge in [-0.25, -0.2) is 4.98 Å². The first-order valence-corrected chi connectivity index (χ1v) is 14.7. The van der Waals surface area contributed by atoms with Crippen molar-refractivity contribution in [3.63, 3.8) is 0 Å². The smallest absolute Gasteiger partial charge is 0.129 e. The molecule has 0 spiro atoms. The number of methoxy groups -OCH3 is 2. The summed E-state index contributed by atoms with van der Waals surface area (Å²) < 4.78 is 27.8. The summed E-state index contributed by atoms with van der Waals surface area (Å²) in [5.74, 6) is 2.59. The molecular formula is C35H41N3O5. The van der Waals surface area contributed by atoms with Crippen LogP contribution in [0.5, 0.6) is 11.5 Å². The Bertz CT molecular complexity index is 1390. The van der Waals surface area contributed by atoms with Gasteiger partial charge < -0.3 is 33.5 Å². The summed E-state index contributed by atoms with van der Waals surface area (Å²) in [6, 6.07) is 29.1. The molecule has 0 radical (unpaired) electrons. The van der Waals surface area contributed by atoms with E-state index in [0.29, 0.717) is 33.0 Å². The molecule has 43 heavy (non-hydrogen) atoms. The first-order chi connectivity index (χ1) is 21.2. The molecule has 3 aromatic carbocycles. The zero-order chi connectivity index (χ0) is 29.7.